The lowest BCUT2D eigenvalue weighted by Crippen LogP contribution is -2.28. The summed E-state index contributed by atoms with van der Waals surface area (Å²) >= 11 is 0. The zero-order chi connectivity index (χ0) is 15.1. The number of hydrogen-bond donors (Lipinski definition) is 1. The molecule has 6 heteroatoms. The number of pyridine rings is 1. The third kappa shape index (κ3) is 4.25. The molecule has 0 amide bonds. The number of nitrogens with zero attached hydrogens (tertiary/aromatic N) is 3. The molecule has 0 saturated heterocycles. The molecule has 0 fully saturated rings. The van der Waals surface area contributed by atoms with Crippen molar-refractivity contribution >= 4 is 5.69 Å². The molecule has 0 aliphatic rings. The van der Waals surface area contributed by atoms with E-state index in [9.17, 15) is 10.1 Å². The first kappa shape index (κ1) is 16.5. The van der Waals surface area contributed by atoms with Crippen molar-refractivity contribution in [1.82, 2.24) is 9.88 Å². The van der Waals surface area contributed by atoms with E-state index in [0.29, 0.717) is 29.9 Å². The molecule has 112 valence electrons. The molecule has 0 unspecified atom stereocenters. The van der Waals surface area contributed by atoms with Crippen LogP contribution in [0.15, 0.2) is 6.20 Å². The first-order valence-corrected chi connectivity index (χ1v) is 6.93. The highest BCUT2D eigenvalue weighted by Gasteiger charge is 2.19. The molecule has 0 saturated carbocycles. The Balaban J connectivity index is 2.95. The Morgan fingerprint density at radius 1 is 1.40 bits per heavy atom. The van der Waals surface area contributed by atoms with Crippen molar-refractivity contribution in [2.45, 2.75) is 40.2 Å². The first-order valence-electron chi connectivity index (χ1n) is 6.93. The maximum atomic E-state index is 11.1. The lowest BCUT2D eigenvalue weighted by Gasteiger charge is -2.21. The second-order valence-corrected chi connectivity index (χ2v) is 4.97. The van der Waals surface area contributed by atoms with Gasteiger partial charge in [0.2, 0.25) is 0 Å². The Morgan fingerprint density at radius 3 is 2.65 bits per heavy atom. The van der Waals surface area contributed by atoms with Crippen molar-refractivity contribution < 1.29 is 10.0 Å². The largest absolute Gasteiger partial charge is 0.395 e. The number of aryl methyl sites for hydroxylation is 1. The molecule has 0 spiro atoms. The SMILES string of the molecule is CCCCN(CCO)Cc1ncc(C)c([N+](=O)[O-])c1C. The molecule has 1 rings (SSSR count). The van der Waals surface area contributed by atoms with Gasteiger partial charge in [-0.3, -0.25) is 20.0 Å². The van der Waals surface area contributed by atoms with Gasteiger partial charge in [0.25, 0.3) is 5.69 Å². The predicted octanol–water partition coefficient (Wildman–Crippen LogP) is 2.20. The van der Waals surface area contributed by atoms with Crippen LogP contribution < -0.4 is 0 Å². The van der Waals surface area contributed by atoms with Gasteiger partial charge in [-0.15, -0.1) is 0 Å². The average Bonchev–Trinajstić information content (AvgIpc) is 2.39. The zero-order valence-electron chi connectivity index (χ0n) is 12.4. The van der Waals surface area contributed by atoms with Crippen molar-refractivity contribution in [3.05, 3.63) is 33.1 Å². The van der Waals surface area contributed by atoms with Crippen molar-refractivity contribution in [3.63, 3.8) is 0 Å². The highest BCUT2D eigenvalue weighted by molar-refractivity contribution is 5.47. The van der Waals surface area contributed by atoms with Gasteiger partial charge < -0.3 is 5.11 Å². The number of aliphatic hydroxyl groups is 1. The molecule has 6 nitrogen and oxygen atoms in total. The zero-order valence-corrected chi connectivity index (χ0v) is 12.4. The van der Waals surface area contributed by atoms with Crippen LogP contribution in [0.5, 0.6) is 0 Å². The van der Waals surface area contributed by atoms with Crippen LogP contribution in [0.2, 0.25) is 0 Å². The minimum absolute atomic E-state index is 0.0801. The summed E-state index contributed by atoms with van der Waals surface area (Å²) in [5, 5.41) is 20.2. The van der Waals surface area contributed by atoms with E-state index < -0.39 is 0 Å². The maximum absolute atomic E-state index is 11.1. The topological polar surface area (TPSA) is 79.5 Å². The predicted molar refractivity (Wildman–Crippen MR) is 77.6 cm³/mol. The van der Waals surface area contributed by atoms with E-state index in [2.05, 4.69) is 16.8 Å². The van der Waals surface area contributed by atoms with Gasteiger partial charge in [-0.2, -0.15) is 0 Å². The molecular weight excluding hydrogens is 258 g/mol. The molecule has 0 bridgehead atoms. The molecule has 1 aromatic rings. The van der Waals surface area contributed by atoms with Gasteiger partial charge in [0, 0.05) is 30.4 Å². The quantitative estimate of drug-likeness (QED) is 0.583. The average molecular weight is 281 g/mol. The number of hydrogen-bond acceptors (Lipinski definition) is 5. The van der Waals surface area contributed by atoms with Crippen LogP contribution in [0.3, 0.4) is 0 Å². The Bertz CT molecular complexity index is 463. The second kappa shape index (κ2) is 7.91. The molecule has 20 heavy (non-hydrogen) atoms. The molecule has 0 atom stereocenters. The summed E-state index contributed by atoms with van der Waals surface area (Å²) in [5.41, 5.74) is 2.06. The Hall–Kier alpha value is -1.53. The monoisotopic (exact) mass is 281 g/mol. The van der Waals surface area contributed by atoms with Crippen molar-refractivity contribution in [1.29, 1.82) is 0 Å². The number of nitro groups is 1. The van der Waals surface area contributed by atoms with E-state index in [1.54, 1.807) is 20.0 Å². The highest BCUT2D eigenvalue weighted by Crippen LogP contribution is 2.24. The van der Waals surface area contributed by atoms with E-state index in [-0.39, 0.29) is 17.2 Å². The minimum Gasteiger partial charge on any atom is -0.395 e. The third-order valence-electron chi connectivity index (χ3n) is 3.38. The van der Waals surface area contributed by atoms with Crippen LogP contribution in [0.1, 0.15) is 36.6 Å². The standard InChI is InChI=1S/C14H23N3O3/c1-4-5-6-16(7-8-18)10-13-12(3)14(17(19)20)11(2)9-15-13/h9,18H,4-8,10H2,1-3H3. The van der Waals surface area contributed by atoms with Crippen LogP contribution in [-0.2, 0) is 6.54 Å². The van der Waals surface area contributed by atoms with Gasteiger partial charge in [0.15, 0.2) is 0 Å². The molecule has 0 aromatic carbocycles. The minimum atomic E-state index is -0.349. The smallest absolute Gasteiger partial charge is 0.278 e. The lowest BCUT2D eigenvalue weighted by atomic mass is 10.1. The van der Waals surface area contributed by atoms with Gasteiger partial charge in [0.1, 0.15) is 0 Å². The fourth-order valence-corrected chi connectivity index (χ4v) is 2.21. The van der Waals surface area contributed by atoms with E-state index >= 15 is 0 Å². The Kier molecular flexibility index (Phi) is 6.54. The maximum Gasteiger partial charge on any atom is 0.278 e. The summed E-state index contributed by atoms with van der Waals surface area (Å²) < 4.78 is 0. The van der Waals surface area contributed by atoms with E-state index in [0.717, 1.165) is 19.4 Å². The lowest BCUT2D eigenvalue weighted by molar-refractivity contribution is -0.386. The van der Waals surface area contributed by atoms with Gasteiger partial charge >= 0.3 is 0 Å². The first-order chi connectivity index (χ1) is 9.51. The Morgan fingerprint density at radius 2 is 2.10 bits per heavy atom. The molecule has 0 aliphatic heterocycles. The summed E-state index contributed by atoms with van der Waals surface area (Å²) in [7, 11) is 0. The van der Waals surface area contributed by atoms with Gasteiger partial charge in [-0.05, 0) is 26.8 Å². The number of aromatic nitrogens is 1. The second-order valence-electron chi connectivity index (χ2n) is 4.97. The summed E-state index contributed by atoms with van der Waals surface area (Å²) in [6.45, 7) is 7.58. The number of unbranched alkanes of at least 4 members (excludes halogenated alkanes) is 1. The highest BCUT2D eigenvalue weighted by atomic mass is 16.6. The molecule has 1 heterocycles. The molecule has 0 radical (unpaired) electrons. The molecule has 1 N–H and O–H groups in total. The van der Waals surface area contributed by atoms with E-state index in [1.807, 2.05) is 0 Å². The van der Waals surface area contributed by atoms with Crippen LogP contribution in [-0.4, -0.2) is 39.6 Å². The summed E-state index contributed by atoms with van der Waals surface area (Å²) in [6, 6.07) is 0. The molecular formula is C14H23N3O3. The summed E-state index contributed by atoms with van der Waals surface area (Å²) in [5.74, 6) is 0. The number of aliphatic hydroxyl groups excluding tert-OH is 1. The molecule has 1 aromatic heterocycles. The van der Waals surface area contributed by atoms with Crippen LogP contribution in [0.4, 0.5) is 5.69 Å². The summed E-state index contributed by atoms with van der Waals surface area (Å²) in [4.78, 5) is 17.2. The normalized spacial score (nSPS) is 11.1. The van der Waals surface area contributed by atoms with Gasteiger partial charge in [-0.25, -0.2) is 0 Å². The number of rotatable bonds is 8. The summed E-state index contributed by atoms with van der Waals surface area (Å²) in [6.07, 6.45) is 3.66. The van der Waals surface area contributed by atoms with E-state index in [4.69, 9.17) is 5.11 Å². The van der Waals surface area contributed by atoms with Gasteiger partial charge in [-0.1, -0.05) is 13.3 Å². The Labute approximate surface area is 119 Å². The van der Waals surface area contributed by atoms with Crippen LogP contribution >= 0.6 is 0 Å². The molecule has 0 aliphatic carbocycles. The van der Waals surface area contributed by atoms with E-state index in [1.165, 1.54) is 0 Å². The van der Waals surface area contributed by atoms with Crippen molar-refractivity contribution in [2.75, 3.05) is 19.7 Å². The third-order valence-corrected chi connectivity index (χ3v) is 3.38. The van der Waals surface area contributed by atoms with Crippen LogP contribution in [0, 0.1) is 24.0 Å². The van der Waals surface area contributed by atoms with Crippen LogP contribution in [0.25, 0.3) is 0 Å². The van der Waals surface area contributed by atoms with Gasteiger partial charge in [0.05, 0.1) is 17.2 Å². The fourth-order valence-electron chi connectivity index (χ4n) is 2.21. The fraction of sp³-hybridized carbons (Fsp3) is 0.643. The van der Waals surface area contributed by atoms with Crippen molar-refractivity contribution in [2.24, 2.45) is 0 Å². The van der Waals surface area contributed by atoms with Crippen molar-refractivity contribution in [3.8, 4) is 0 Å².